The topological polar surface area (TPSA) is 80.5 Å². The van der Waals surface area contributed by atoms with Crippen LogP contribution in [0.25, 0.3) is 27.8 Å². The number of imidazole rings is 1. The number of alkyl halides is 3. The third-order valence-electron chi connectivity index (χ3n) is 6.33. The van der Waals surface area contributed by atoms with Crippen molar-refractivity contribution in [1.29, 1.82) is 0 Å². The van der Waals surface area contributed by atoms with Crippen LogP contribution in [0, 0.1) is 0 Å². The largest absolute Gasteiger partial charge is 0.493 e. The fourth-order valence-electron chi connectivity index (χ4n) is 4.73. The Kier molecular flexibility index (Phi) is 5.15. The molecule has 0 amide bonds. The highest BCUT2D eigenvalue weighted by molar-refractivity contribution is 5.85. The molecule has 33 heavy (non-hydrogen) atoms. The van der Waals surface area contributed by atoms with Crippen LogP contribution in [-0.4, -0.2) is 55.8 Å². The lowest BCUT2D eigenvalue weighted by Crippen LogP contribution is -2.39. The van der Waals surface area contributed by atoms with E-state index < -0.39 is 17.4 Å². The number of pyridine rings is 1. The van der Waals surface area contributed by atoms with Crippen LogP contribution in [0.2, 0.25) is 0 Å². The molecule has 1 aliphatic rings. The molecule has 0 spiro atoms. The highest BCUT2D eigenvalue weighted by Crippen LogP contribution is 2.40. The first kappa shape index (κ1) is 21.5. The number of rotatable bonds is 4. The van der Waals surface area contributed by atoms with Crippen molar-refractivity contribution in [1.82, 2.24) is 29.0 Å². The van der Waals surface area contributed by atoms with E-state index in [1.165, 1.54) is 40.8 Å². The smallest absolute Gasteiger partial charge is 0.417 e. The predicted molar refractivity (Wildman–Crippen MR) is 116 cm³/mol. The van der Waals surface area contributed by atoms with Crippen molar-refractivity contribution >= 4 is 16.7 Å². The van der Waals surface area contributed by atoms with Crippen LogP contribution in [0.5, 0.6) is 5.75 Å². The summed E-state index contributed by atoms with van der Waals surface area (Å²) in [6.07, 6.45) is -0.228. The van der Waals surface area contributed by atoms with E-state index in [1.807, 2.05) is 6.92 Å². The Morgan fingerprint density at radius 3 is 2.82 bits per heavy atom. The molecule has 0 radical (unpaired) electrons. The minimum Gasteiger partial charge on any atom is -0.493 e. The van der Waals surface area contributed by atoms with Crippen molar-refractivity contribution in [2.24, 2.45) is 0 Å². The summed E-state index contributed by atoms with van der Waals surface area (Å²) in [6.45, 7) is 4.42. The average Bonchev–Trinajstić information content (AvgIpc) is 3.40. The third kappa shape index (κ3) is 3.65. The molecule has 0 bridgehead atoms. The number of hydrogen-bond acceptors (Lipinski definition) is 5. The number of halogens is 3. The Balaban J connectivity index is 1.72. The van der Waals surface area contributed by atoms with Gasteiger partial charge in [0.05, 0.1) is 29.7 Å². The molecule has 1 aromatic carbocycles. The Bertz CT molecular complexity index is 1390. The lowest BCUT2D eigenvalue weighted by molar-refractivity contribution is -0.137. The maximum absolute atomic E-state index is 14.2. The molecule has 0 unspecified atom stereocenters. The lowest BCUT2D eigenvalue weighted by atomic mass is 9.99. The van der Waals surface area contributed by atoms with Gasteiger partial charge in [0.2, 0.25) is 0 Å². The van der Waals surface area contributed by atoms with Gasteiger partial charge < -0.3 is 14.6 Å². The molecule has 1 N–H and O–H groups in total. The van der Waals surface area contributed by atoms with E-state index in [0.717, 1.165) is 32.0 Å². The number of ether oxygens (including phenoxy) is 1. The van der Waals surface area contributed by atoms with Gasteiger partial charge in [0.15, 0.2) is 11.4 Å². The minimum atomic E-state index is -4.63. The van der Waals surface area contributed by atoms with Gasteiger partial charge in [-0.15, -0.1) is 0 Å². The molecule has 174 valence electrons. The van der Waals surface area contributed by atoms with Crippen LogP contribution < -0.4 is 10.4 Å². The fraction of sp³-hybridized carbons (Fsp3) is 0.409. The quantitative estimate of drug-likeness (QED) is 0.502. The van der Waals surface area contributed by atoms with Crippen LogP contribution in [0.15, 0.2) is 35.5 Å². The van der Waals surface area contributed by atoms with Crippen molar-refractivity contribution in [2.75, 3.05) is 26.7 Å². The number of aromatic amines is 1. The molecular formula is C22H23F3N6O2. The monoisotopic (exact) mass is 460 g/mol. The van der Waals surface area contributed by atoms with Crippen LogP contribution in [0.3, 0.4) is 0 Å². The maximum atomic E-state index is 14.2. The zero-order chi connectivity index (χ0) is 23.3. The number of H-pyrrole nitrogens is 1. The van der Waals surface area contributed by atoms with Gasteiger partial charge in [0, 0.05) is 18.3 Å². The number of aromatic nitrogens is 5. The van der Waals surface area contributed by atoms with Gasteiger partial charge >= 0.3 is 11.9 Å². The second-order valence-corrected chi connectivity index (χ2v) is 8.23. The van der Waals surface area contributed by atoms with Gasteiger partial charge in [0.25, 0.3) is 0 Å². The summed E-state index contributed by atoms with van der Waals surface area (Å²) in [5, 5.41) is 4.04. The molecule has 1 atom stereocenters. The van der Waals surface area contributed by atoms with Gasteiger partial charge in [-0.25, -0.2) is 14.3 Å². The number of piperidine rings is 1. The molecule has 1 saturated heterocycles. The van der Waals surface area contributed by atoms with Crippen LogP contribution in [0.4, 0.5) is 13.2 Å². The van der Waals surface area contributed by atoms with Gasteiger partial charge in [-0.2, -0.15) is 18.3 Å². The van der Waals surface area contributed by atoms with E-state index in [2.05, 4.69) is 20.0 Å². The summed E-state index contributed by atoms with van der Waals surface area (Å²) < 4.78 is 50.8. The lowest BCUT2D eigenvalue weighted by Gasteiger charge is -2.32. The van der Waals surface area contributed by atoms with Crippen molar-refractivity contribution in [2.45, 2.75) is 32.0 Å². The maximum Gasteiger partial charge on any atom is 0.417 e. The average molecular weight is 460 g/mol. The number of benzene rings is 1. The Hall–Kier alpha value is -3.34. The van der Waals surface area contributed by atoms with Crippen LogP contribution in [-0.2, 0) is 6.18 Å². The van der Waals surface area contributed by atoms with Crippen molar-refractivity contribution in [3.05, 3.63) is 46.8 Å². The van der Waals surface area contributed by atoms with Gasteiger partial charge in [-0.1, -0.05) is 6.92 Å². The normalized spacial score (nSPS) is 17.8. The first-order chi connectivity index (χ1) is 15.8. The molecule has 8 nitrogen and oxygen atoms in total. The molecule has 1 fully saturated rings. The Morgan fingerprint density at radius 1 is 1.27 bits per heavy atom. The molecule has 4 heterocycles. The van der Waals surface area contributed by atoms with Crippen LogP contribution in [0.1, 0.15) is 31.4 Å². The number of nitrogens with zero attached hydrogens (tertiary/aromatic N) is 5. The minimum absolute atomic E-state index is 0.0714. The van der Waals surface area contributed by atoms with E-state index in [4.69, 9.17) is 4.74 Å². The summed E-state index contributed by atoms with van der Waals surface area (Å²) in [6, 6.07) is 3.77. The summed E-state index contributed by atoms with van der Waals surface area (Å²) in [7, 11) is 1.42. The second-order valence-electron chi connectivity index (χ2n) is 8.23. The summed E-state index contributed by atoms with van der Waals surface area (Å²) in [4.78, 5) is 21.9. The molecular weight excluding hydrogens is 437 g/mol. The fourth-order valence-corrected chi connectivity index (χ4v) is 4.73. The highest BCUT2D eigenvalue weighted by Gasteiger charge is 2.36. The van der Waals surface area contributed by atoms with Gasteiger partial charge in [-0.3, -0.25) is 4.57 Å². The molecule has 1 aliphatic heterocycles. The van der Waals surface area contributed by atoms with Crippen LogP contribution >= 0.6 is 0 Å². The predicted octanol–water partition coefficient (Wildman–Crippen LogP) is 3.72. The third-order valence-corrected chi connectivity index (χ3v) is 6.33. The van der Waals surface area contributed by atoms with Crippen molar-refractivity contribution < 1.29 is 17.9 Å². The van der Waals surface area contributed by atoms with E-state index in [9.17, 15) is 18.0 Å². The zero-order valence-electron chi connectivity index (χ0n) is 18.2. The number of nitrogens with one attached hydrogen (secondary N) is 1. The summed E-state index contributed by atoms with van der Waals surface area (Å²) >= 11 is 0. The van der Waals surface area contributed by atoms with E-state index >= 15 is 0 Å². The SMILES string of the molecule is CCN1CCC[C@@H](n2c(=O)[nH]c3cc(-c4cc(OC)c5ncnn5c4)c(C(F)(F)F)cc32)C1. The van der Waals surface area contributed by atoms with Crippen molar-refractivity contribution in [3.8, 4) is 16.9 Å². The first-order valence-corrected chi connectivity index (χ1v) is 10.8. The van der Waals surface area contributed by atoms with E-state index in [-0.39, 0.29) is 22.7 Å². The summed E-state index contributed by atoms with van der Waals surface area (Å²) in [5.74, 6) is 0.297. The van der Waals surface area contributed by atoms with E-state index in [0.29, 0.717) is 23.5 Å². The van der Waals surface area contributed by atoms with E-state index in [1.54, 1.807) is 0 Å². The Labute approximate surface area is 186 Å². The molecule has 5 rings (SSSR count). The molecule has 11 heteroatoms. The standard InChI is InChI=1S/C22H23F3N6O2/c1-3-29-6-4-5-14(11-29)31-18-9-16(22(23,24)25)15(8-17(18)28-21(31)32)13-7-19(33-2)20-26-12-27-30(20)10-13/h7-10,12,14H,3-6,11H2,1-2H3,(H,28,32)/t14-/m1/s1. The zero-order valence-corrected chi connectivity index (χ0v) is 18.2. The number of hydrogen-bond donors (Lipinski definition) is 1. The molecule has 0 saturated carbocycles. The molecule has 0 aliphatic carbocycles. The first-order valence-electron chi connectivity index (χ1n) is 10.8. The number of methoxy groups -OCH3 is 1. The number of fused-ring (bicyclic) bond motifs is 2. The highest BCUT2D eigenvalue weighted by atomic mass is 19.4. The Morgan fingerprint density at radius 2 is 2.09 bits per heavy atom. The van der Waals surface area contributed by atoms with Gasteiger partial charge in [0.1, 0.15) is 6.33 Å². The van der Waals surface area contributed by atoms with Crippen molar-refractivity contribution in [3.63, 3.8) is 0 Å². The summed E-state index contributed by atoms with van der Waals surface area (Å²) in [5.41, 5.74) is -0.0364. The number of likely N-dealkylation sites (tertiary alicyclic amines) is 1. The van der Waals surface area contributed by atoms with Gasteiger partial charge in [-0.05, 0) is 49.7 Å². The number of likely N-dealkylation sites (N-methyl/N-ethyl adjacent to an activating group) is 1. The molecule has 4 aromatic rings. The second kappa shape index (κ2) is 7.91. The molecule has 3 aromatic heterocycles.